The number of ether oxygens (including phenoxy) is 2. The molecule has 10 nitrogen and oxygen atoms in total. The lowest BCUT2D eigenvalue weighted by molar-refractivity contribution is -0.161. The van der Waals surface area contributed by atoms with E-state index in [4.69, 9.17) is 19.1 Å². The van der Waals surface area contributed by atoms with Gasteiger partial charge in [0.1, 0.15) is 12.7 Å². The number of phosphoric ester groups is 1. The highest BCUT2D eigenvalue weighted by Crippen LogP contribution is 2.43. The van der Waals surface area contributed by atoms with E-state index in [1.165, 1.54) is 44.9 Å². The maximum atomic E-state index is 12.6. The van der Waals surface area contributed by atoms with Crippen molar-refractivity contribution in [1.82, 2.24) is 0 Å². The first-order valence-electron chi connectivity index (χ1n) is 22.4. The van der Waals surface area contributed by atoms with Crippen molar-refractivity contribution >= 4 is 19.8 Å². The van der Waals surface area contributed by atoms with Crippen molar-refractivity contribution < 1.29 is 47.8 Å². The largest absolute Gasteiger partial charge is 0.472 e. The lowest BCUT2D eigenvalue weighted by atomic mass is 10.1. The van der Waals surface area contributed by atoms with E-state index < -0.39 is 51.8 Å². The number of allylic oxidation sites excluding steroid dienone is 12. The normalized spacial score (nSPS) is 14.5. The Morgan fingerprint density at radius 2 is 0.948 bits per heavy atom. The SMILES string of the molecule is CC/C=C\C/C=C\C/C=C\C/C=C\C/C=C\CCCCCC(=O)OC(COC(=O)CCCCCCC/C=C\CCCCCCCCC)COP(=O)(O)OCC(O)CO. The van der Waals surface area contributed by atoms with Gasteiger partial charge in [-0.2, -0.15) is 0 Å². The van der Waals surface area contributed by atoms with Gasteiger partial charge in [-0.3, -0.25) is 18.6 Å². The zero-order chi connectivity index (χ0) is 42.6. The fourth-order valence-corrected chi connectivity index (χ4v) is 6.45. The van der Waals surface area contributed by atoms with Crippen LogP contribution in [0.25, 0.3) is 0 Å². The highest BCUT2D eigenvalue weighted by atomic mass is 31.2. The first-order chi connectivity index (χ1) is 28.2. The van der Waals surface area contributed by atoms with Crippen LogP contribution in [0.15, 0.2) is 72.9 Å². The molecule has 0 saturated carbocycles. The van der Waals surface area contributed by atoms with Gasteiger partial charge in [0.15, 0.2) is 6.10 Å². The minimum atomic E-state index is -4.63. The zero-order valence-electron chi connectivity index (χ0n) is 36.2. The monoisotopic (exact) mass is 837 g/mol. The van der Waals surface area contributed by atoms with Gasteiger partial charge in [0.05, 0.1) is 19.8 Å². The van der Waals surface area contributed by atoms with Crippen molar-refractivity contribution in [3.05, 3.63) is 72.9 Å². The minimum absolute atomic E-state index is 0.140. The van der Waals surface area contributed by atoms with Crippen LogP contribution >= 0.6 is 7.82 Å². The standard InChI is InChI=1S/C47H81O10P/c1-3-5-7-9-11-13-15-17-19-21-22-23-25-27-29-31-33-35-37-39-47(51)57-45(43-56-58(52,53)55-41-44(49)40-48)42-54-46(50)38-36-34-32-30-28-26-24-20-18-16-14-12-10-8-6-4-2/h5,7,11,13,17,19-20,22-24,27,29,44-45,48-49H,3-4,6,8-10,12,14-16,18,21,25-26,28,30-43H2,1-2H3,(H,52,53)/b7-5-,13-11-,19-17-,23-22-,24-20-,29-27-. The summed E-state index contributed by atoms with van der Waals surface area (Å²) in [5.74, 6) is -0.976. The van der Waals surface area contributed by atoms with Crippen LogP contribution in [0.1, 0.15) is 174 Å². The number of hydrogen-bond acceptors (Lipinski definition) is 9. The fraction of sp³-hybridized carbons (Fsp3) is 0.702. The molecule has 0 amide bonds. The lowest BCUT2D eigenvalue weighted by Gasteiger charge is -2.20. The topological polar surface area (TPSA) is 149 Å². The summed E-state index contributed by atoms with van der Waals surface area (Å²) in [5.41, 5.74) is 0. The Labute approximate surface area is 352 Å². The number of esters is 2. The predicted octanol–water partition coefficient (Wildman–Crippen LogP) is 12.1. The number of aliphatic hydroxyl groups excluding tert-OH is 2. The number of hydrogen-bond donors (Lipinski definition) is 3. The van der Waals surface area contributed by atoms with Crippen LogP contribution < -0.4 is 0 Å². The maximum absolute atomic E-state index is 12.6. The maximum Gasteiger partial charge on any atom is 0.472 e. The molecule has 0 rings (SSSR count). The molecule has 0 heterocycles. The van der Waals surface area contributed by atoms with Gasteiger partial charge in [0, 0.05) is 12.8 Å². The van der Waals surface area contributed by atoms with Gasteiger partial charge in [-0.25, -0.2) is 4.57 Å². The van der Waals surface area contributed by atoms with E-state index in [0.717, 1.165) is 89.9 Å². The average Bonchev–Trinajstić information content (AvgIpc) is 3.21. The molecule has 0 radical (unpaired) electrons. The highest BCUT2D eigenvalue weighted by Gasteiger charge is 2.27. The third kappa shape index (κ3) is 41.6. The third-order valence-electron chi connectivity index (χ3n) is 9.09. The van der Waals surface area contributed by atoms with Crippen LogP contribution in [0.5, 0.6) is 0 Å². The Morgan fingerprint density at radius 1 is 0.534 bits per heavy atom. The van der Waals surface area contributed by atoms with Crippen LogP contribution in [0.3, 0.4) is 0 Å². The number of rotatable bonds is 41. The van der Waals surface area contributed by atoms with Crippen molar-refractivity contribution in [3.8, 4) is 0 Å². The number of unbranched alkanes of at least 4 members (excludes halogenated alkanes) is 15. The summed E-state index contributed by atoms with van der Waals surface area (Å²) in [6.45, 7) is 2.21. The lowest BCUT2D eigenvalue weighted by Crippen LogP contribution is -2.29. The van der Waals surface area contributed by atoms with Gasteiger partial charge in [0.25, 0.3) is 0 Å². The Hall–Kier alpha value is -2.59. The Balaban J connectivity index is 4.37. The highest BCUT2D eigenvalue weighted by molar-refractivity contribution is 7.47. The first-order valence-corrected chi connectivity index (χ1v) is 23.9. The summed E-state index contributed by atoms with van der Waals surface area (Å²) < 4.78 is 32.7. The van der Waals surface area contributed by atoms with Crippen molar-refractivity contribution in [3.63, 3.8) is 0 Å². The minimum Gasteiger partial charge on any atom is -0.462 e. The second-order valence-corrected chi connectivity index (χ2v) is 16.1. The summed E-state index contributed by atoms with van der Waals surface area (Å²) in [6.07, 6.45) is 48.6. The Morgan fingerprint density at radius 3 is 1.47 bits per heavy atom. The molecule has 58 heavy (non-hydrogen) atoms. The van der Waals surface area contributed by atoms with Crippen molar-refractivity contribution in [2.24, 2.45) is 0 Å². The molecule has 0 aromatic rings. The molecule has 11 heteroatoms. The molecule has 0 aliphatic heterocycles. The zero-order valence-corrected chi connectivity index (χ0v) is 37.1. The Kier molecular flexibility index (Phi) is 40.6. The second-order valence-electron chi connectivity index (χ2n) is 14.7. The molecular formula is C47H81O10P. The fourth-order valence-electron chi connectivity index (χ4n) is 5.66. The second kappa shape index (κ2) is 42.5. The first kappa shape index (κ1) is 55.4. The molecule has 334 valence electrons. The molecular weight excluding hydrogens is 755 g/mol. The van der Waals surface area contributed by atoms with Gasteiger partial charge < -0.3 is 24.6 Å². The van der Waals surface area contributed by atoms with Gasteiger partial charge in [-0.15, -0.1) is 0 Å². The summed E-state index contributed by atoms with van der Waals surface area (Å²) in [7, 11) is -4.63. The van der Waals surface area contributed by atoms with Gasteiger partial charge in [-0.05, 0) is 83.5 Å². The van der Waals surface area contributed by atoms with E-state index in [1.807, 2.05) is 0 Å². The van der Waals surface area contributed by atoms with E-state index >= 15 is 0 Å². The van der Waals surface area contributed by atoms with Crippen molar-refractivity contribution in [2.45, 2.75) is 187 Å². The van der Waals surface area contributed by atoms with Gasteiger partial charge in [-0.1, -0.05) is 151 Å². The quantitative estimate of drug-likeness (QED) is 0.0235. The molecule has 0 spiro atoms. The van der Waals surface area contributed by atoms with Crippen LogP contribution in [0.2, 0.25) is 0 Å². The van der Waals surface area contributed by atoms with Gasteiger partial charge in [0.2, 0.25) is 0 Å². The van der Waals surface area contributed by atoms with E-state index in [-0.39, 0.29) is 19.4 Å². The van der Waals surface area contributed by atoms with Crippen LogP contribution in [-0.4, -0.2) is 65.7 Å². The molecule has 0 bridgehead atoms. The molecule has 3 unspecified atom stereocenters. The molecule has 0 aliphatic rings. The number of carbonyl (C=O) groups excluding carboxylic acids is 2. The molecule has 0 aromatic carbocycles. The third-order valence-corrected chi connectivity index (χ3v) is 10.0. The Bertz CT molecular complexity index is 1190. The van der Waals surface area contributed by atoms with Gasteiger partial charge >= 0.3 is 19.8 Å². The summed E-state index contributed by atoms with van der Waals surface area (Å²) in [6, 6.07) is 0. The average molecular weight is 837 g/mol. The number of carbonyl (C=O) groups is 2. The molecule has 0 aliphatic carbocycles. The molecule has 3 N–H and O–H groups in total. The van der Waals surface area contributed by atoms with Crippen molar-refractivity contribution in [1.29, 1.82) is 0 Å². The summed E-state index contributed by atoms with van der Waals surface area (Å²) >= 11 is 0. The van der Waals surface area contributed by atoms with E-state index in [2.05, 4.69) is 91.3 Å². The molecule has 0 saturated heterocycles. The van der Waals surface area contributed by atoms with Crippen LogP contribution in [-0.2, 0) is 32.7 Å². The molecule has 0 fully saturated rings. The molecule has 0 aromatic heterocycles. The van der Waals surface area contributed by atoms with Crippen molar-refractivity contribution in [2.75, 3.05) is 26.4 Å². The van der Waals surface area contributed by atoms with E-state index in [1.54, 1.807) is 0 Å². The van der Waals surface area contributed by atoms with Crippen LogP contribution in [0.4, 0.5) is 0 Å². The predicted molar refractivity (Wildman–Crippen MR) is 237 cm³/mol. The van der Waals surface area contributed by atoms with E-state index in [9.17, 15) is 24.2 Å². The smallest absolute Gasteiger partial charge is 0.462 e. The summed E-state index contributed by atoms with van der Waals surface area (Å²) in [4.78, 5) is 35.0. The number of phosphoric acid groups is 1. The molecule has 3 atom stereocenters. The van der Waals surface area contributed by atoms with E-state index in [0.29, 0.717) is 12.8 Å². The number of aliphatic hydroxyl groups is 2. The summed E-state index contributed by atoms with van der Waals surface area (Å²) in [5, 5.41) is 18.3. The van der Waals surface area contributed by atoms with Crippen LogP contribution in [0, 0.1) is 0 Å².